The molecule has 1 aliphatic rings. The summed E-state index contributed by atoms with van der Waals surface area (Å²) in [5.74, 6) is -0.350. The van der Waals surface area contributed by atoms with Crippen molar-refractivity contribution in [1.82, 2.24) is 10.2 Å². The lowest BCUT2D eigenvalue weighted by molar-refractivity contribution is -0.147. The first kappa shape index (κ1) is 18.1. The standard InChI is InChI=1S/C17H22Cl2N2O2/c1-17(2,16(23)21-9-3-4-10-21)15(22)20-8-7-12-5-6-13(18)11-14(12)19/h5-6,11H,3-4,7-10H2,1-2H3,(H,20,22). The van der Waals surface area contributed by atoms with Gasteiger partial charge in [-0.1, -0.05) is 29.3 Å². The fourth-order valence-corrected chi connectivity index (χ4v) is 3.17. The van der Waals surface area contributed by atoms with Crippen LogP contribution in [-0.4, -0.2) is 36.3 Å². The molecule has 6 heteroatoms. The summed E-state index contributed by atoms with van der Waals surface area (Å²) in [5.41, 5.74) is -0.131. The van der Waals surface area contributed by atoms with Crippen LogP contribution in [0.1, 0.15) is 32.3 Å². The topological polar surface area (TPSA) is 49.4 Å². The van der Waals surface area contributed by atoms with Gasteiger partial charge in [0, 0.05) is 29.7 Å². The van der Waals surface area contributed by atoms with Crippen LogP contribution in [0.15, 0.2) is 18.2 Å². The number of hydrogen-bond acceptors (Lipinski definition) is 2. The molecule has 1 aromatic rings. The molecule has 0 radical (unpaired) electrons. The molecular weight excluding hydrogens is 335 g/mol. The van der Waals surface area contributed by atoms with Gasteiger partial charge in [-0.25, -0.2) is 0 Å². The van der Waals surface area contributed by atoms with Gasteiger partial charge in [-0.05, 0) is 50.8 Å². The number of nitrogens with one attached hydrogen (secondary N) is 1. The van der Waals surface area contributed by atoms with Crippen LogP contribution in [0.25, 0.3) is 0 Å². The van der Waals surface area contributed by atoms with Gasteiger partial charge in [0.25, 0.3) is 0 Å². The van der Waals surface area contributed by atoms with Gasteiger partial charge in [-0.15, -0.1) is 0 Å². The molecule has 1 heterocycles. The number of amides is 2. The van der Waals surface area contributed by atoms with Crippen LogP contribution in [-0.2, 0) is 16.0 Å². The number of benzene rings is 1. The number of carbonyl (C=O) groups is 2. The Hall–Kier alpha value is -1.26. The molecule has 23 heavy (non-hydrogen) atoms. The molecule has 0 aliphatic carbocycles. The lowest BCUT2D eigenvalue weighted by atomic mass is 9.90. The SMILES string of the molecule is CC(C)(C(=O)NCCc1ccc(Cl)cc1Cl)C(=O)N1CCCC1. The van der Waals surface area contributed by atoms with Crippen molar-refractivity contribution in [3.05, 3.63) is 33.8 Å². The second-order valence-electron chi connectivity index (χ2n) is 6.37. The van der Waals surface area contributed by atoms with Gasteiger partial charge in [0.2, 0.25) is 11.8 Å². The smallest absolute Gasteiger partial charge is 0.237 e. The summed E-state index contributed by atoms with van der Waals surface area (Å²) >= 11 is 12.0. The van der Waals surface area contributed by atoms with E-state index in [2.05, 4.69) is 5.32 Å². The highest BCUT2D eigenvalue weighted by Crippen LogP contribution is 2.23. The third-order valence-corrected chi connectivity index (χ3v) is 4.78. The molecule has 1 saturated heterocycles. The molecule has 1 fully saturated rings. The van der Waals surface area contributed by atoms with E-state index in [1.54, 1.807) is 30.9 Å². The quantitative estimate of drug-likeness (QED) is 0.822. The third-order valence-electron chi connectivity index (χ3n) is 4.19. The van der Waals surface area contributed by atoms with Gasteiger partial charge in [0.1, 0.15) is 5.41 Å². The van der Waals surface area contributed by atoms with Gasteiger partial charge in [-0.3, -0.25) is 9.59 Å². The van der Waals surface area contributed by atoms with Crippen molar-refractivity contribution in [1.29, 1.82) is 0 Å². The van der Waals surface area contributed by atoms with Crippen molar-refractivity contribution >= 4 is 35.0 Å². The Morgan fingerprint density at radius 3 is 2.48 bits per heavy atom. The summed E-state index contributed by atoms with van der Waals surface area (Å²) in [5, 5.41) is 4.01. The molecule has 0 aromatic heterocycles. The molecule has 0 spiro atoms. The Morgan fingerprint density at radius 1 is 1.22 bits per heavy atom. The average Bonchev–Trinajstić information content (AvgIpc) is 3.02. The van der Waals surface area contributed by atoms with E-state index < -0.39 is 5.41 Å². The number of rotatable bonds is 5. The summed E-state index contributed by atoms with van der Waals surface area (Å²) in [7, 11) is 0. The minimum absolute atomic E-state index is 0.1000. The van der Waals surface area contributed by atoms with E-state index in [9.17, 15) is 9.59 Å². The largest absolute Gasteiger partial charge is 0.355 e. The third kappa shape index (κ3) is 4.39. The summed E-state index contributed by atoms with van der Waals surface area (Å²) < 4.78 is 0. The predicted molar refractivity (Wildman–Crippen MR) is 92.8 cm³/mol. The molecule has 2 rings (SSSR count). The predicted octanol–water partition coefficient (Wildman–Crippen LogP) is 3.30. The van der Waals surface area contributed by atoms with Crippen LogP contribution in [0.2, 0.25) is 10.0 Å². The number of halogens is 2. The lowest BCUT2D eigenvalue weighted by Crippen LogP contribution is -2.49. The lowest BCUT2D eigenvalue weighted by Gasteiger charge is -2.28. The zero-order valence-corrected chi connectivity index (χ0v) is 15.0. The molecule has 2 amide bonds. The maximum atomic E-state index is 12.5. The Labute approximate surface area is 147 Å². The van der Waals surface area contributed by atoms with Gasteiger partial charge >= 0.3 is 0 Å². The number of likely N-dealkylation sites (tertiary alicyclic amines) is 1. The maximum absolute atomic E-state index is 12.5. The molecule has 1 N–H and O–H groups in total. The van der Waals surface area contributed by atoms with Gasteiger partial charge < -0.3 is 10.2 Å². The van der Waals surface area contributed by atoms with Crippen molar-refractivity contribution in [2.75, 3.05) is 19.6 Å². The monoisotopic (exact) mass is 356 g/mol. The molecule has 0 bridgehead atoms. The van der Waals surface area contributed by atoms with Crippen LogP contribution < -0.4 is 5.32 Å². The Morgan fingerprint density at radius 2 is 1.87 bits per heavy atom. The highest BCUT2D eigenvalue weighted by molar-refractivity contribution is 6.35. The number of nitrogens with zero attached hydrogens (tertiary/aromatic N) is 1. The van der Waals surface area contributed by atoms with Crippen molar-refractivity contribution in [3.63, 3.8) is 0 Å². The van der Waals surface area contributed by atoms with E-state index in [0.29, 0.717) is 23.0 Å². The number of carbonyl (C=O) groups excluding carboxylic acids is 2. The van der Waals surface area contributed by atoms with Gasteiger partial charge in [-0.2, -0.15) is 0 Å². The van der Waals surface area contributed by atoms with Crippen molar-refractivity contribution in [3.8, 4) is 0 Å². The summed E-state index contributed by atoms with van der Waals surface area (Å²) in [4.78, 5) is 26.6. The van der Waals surface area contributed by atoms with Crippen LogP contribution in [0.4, 0.5) is 0 Å². The molecule has 0 atom stereocenters. The van der Waals surface area contributed by atoms with Crippen molar-refractivity contribution < 1.29 is 9.59 Å². The Balaban J connectivity index is 1.89. The van der Waals surface area contributed by atoms with Gasteiger partial charge in [0.15, 0.2) is 0 Å². The van der Waals surface area contributed by atoms with E-state index in [0.717, 1.165) is 31.5 Å². The van der Waals surface area contributed by atoms with E-state index >= 15 is 0 Å². The summed E-state index contributed by atoms with van der Waals surface area (Å²) in [6.45, 7) is 5.28. The molecule has 1 aliphatic heterocycles. The zero-order valence-electron chi connectivity index (χ0n) is 13.5. The first-order chi connectivity index (χ1) is 10.8. The maximum Gasteiger partial charge on any atom is 0.237 e. The van der Waals surface area contributed by atoms with Crippen LogP contribution in [0.5, 0.6) is 0 Å². The van der Waals surface area contributed by atoms with Crippen molar-refractivity contribution in [2.45, 2.75) is 33.1 Å². The fourth-order valence-electron chi connectivity index (χ4n) is 2.67. The van der Waals surface area contributed by atoms with Crippen LogP contribution in [0.3, 0.4) is 0 Å². The zero-order chi connectivity index (χ0) is 17.0. The normalized spacial score (nSPS) is 14.9. The second-order valence-corrected chi connectivity index (χ2v) is 7.21. The van der Waals surface area contributed by atoms with Crippen molar-refractivity contribution in [2.24, 2.45) is 5.41 Å². The summed E-state index contributed by atoms with van der Waals surface area (Å²) in [6, 6.07) is 5.30. The molecule has 4 nitrogen and oxygen atoms in total. The second kappa shape index (κ2) is 7.54. The van der Waals surface area contributed by atoms with Crippen LogP contribution >= 0.6 is 23.2 Å². The van der Waals surface area contributed by atoms with Gasteiger partial charge in [0.05, 0.1) is 0 Å². The Kier molecular flexibility index (Phi) is 5.93. The highest BCUT2D eigenvalue weighted by atomic mass is 35.5. The average molecular weight is 357 g/mol. The number of hydrogen-bond donors (Lipinski definition) is 1. The van der Waals surface area contributed by atoms with E-state index in [1.807, 2.05) is 6.07 Å². The summed E-state index contributed by atoms with van der Waals surface area (Å²) in [6.07, 6.45) is 2.62. The van der Waals surface area contributed by atoms with E-state index in [1.165, 1.54) is 0 Å². The van der Waals surface area contributed by atoms with E-state index in [4.69, 9.17) is 23.2 Å². The fraction of sp³-hybridized carbons (Fsp3) is 0.529. The minimum Gasteiger partial charge on any atom is -0.355 e. The first-order valence-corrected chi connectivity index (χ1v) is 8.59. The first-order valence-electron chi connectivity index (χ1n) is 7.84. The minimum atomic E-state index is -1.05. The van der Waals surface area contributed by atoms with Crippen LogP contribution in [0, 0.1) is 5.41 Å². The Bertz CT molecular complexity index is 596. The van der Waals surface area contributed by atoms with E-state index in [-0.39, 0.29) is 11.8 Å². The molecule has 0 saturated carbocycles. The molecule has 126 valence electrons. The molecule has 1 aromatic carbocycles. The molecule has 0 unspecified atom stereocenters. The highest BCUT2D eigenvalue weighted by Gasteiger charge is 2.39. The molecular formula is C17H22Cl2N2O2.